The van der Waals surface area contributed by atoms with Crippen molar-refractivity contribution in [3.05, 3.63) is 44.5 Å². The number of carbonyl (C=O) groups is 10. The second-order valence-corrected chi connectivity index (χ2v) is 42.6. The standard InChI is InChI=1S/C38H64N8O13S3.C31H51N5O10S3.C12H20N4O5.CH3F.CH3NS3/c39-35-25(22-46(38(54)45-35)36-34(52)33(51)27(23-47)59-36)4-3-9-40-31(50)8-20-61-62-21-11-42-30(49)7-12-55-14-16-57-18-19-58-17-15-56-13-10-41-29(48)6-2-1-5-28-32-26(24-60-28)43-37(53)44-32;37-23(21-36-28(40)5-6-29(36)41)8-19-48-49-20-10-33-27(39)7-11-43-13-15-45-17-18-46-16-14-44-12-9-32-26(38)4-2-1-3-25-30-24(22-47-25)34-31(42)35-30;13-3-1-2-6-4-16(12(20)15-10(6)14)11-9(19)8(18)7(5-17)21-11;1-2;1-5(4)2-3/h22,26-28,32-34,36,47,51-52H,1-21,23-24H2,(H,40,50)(H,41,48)(H,42,49)(H2,39,45,54)(H2,43,44,53);24-25,30H,1-22H2,(H,32,38)(H,33,39)(H2,34,35,42);4,7-9,11,17-19H,1-3,5,13H2,(H2,14,15,20);1H3;1H3/t26-,27+,28-,32-,33-,34?,36+;24-,25-,30-;7-,8+,9?,11-;;/m001../s1/i;;;1D;. The summed E-state index contributed by atoms with van der Waals surface area (Å²) in [6, 6.07) is 0.730. The molecule has 15 atom stereocenters. The molecule has 139 heavy (non-hydrogen) atoms. The Morgan fingerprint density at radius 2 is 0.871 bits per heavy atom. The van der Waals surface area contributed by atoms with Crippen LogP contribution in [-0.2, 0) is 132 Å². The van der Waals surface area contributed by atoms with Crippen molar-refractivity contribution in [2.24, 2.45) is 9.50 Å². The molecule has 7 aliphatic heterocycles. The molecule has 2 aromatic heterocycles. The summed E-state index contributed by atoms with van der Waals surface area (Å²) in [5.74, 6) is 3.64. The maximum absolute atomic E-state index is 12.4. The molecule has 7 aliphatic rings. The van der Waals surface area contributed by atoms with Crippen LogP contribution in [0.5, 0.6) is 0 Å². The first-order chi connectivity index (χ1) is 67.6. The molecule has 0 spiro atoms. The van der Waals surface area contributed by atoms with Gasteiger partial charge in [0, 0.05) is 181 Å². The van der Waals surface area contributed by atoms with Crippen LogP contribution in [0.1, 0.15) is 128 Å². The van der Waals surface area contributed by atoms with Gasteiger partial charge in [0.25, 0.3) is 0 Å². The third-order valence-electron chi connectivity index (χ3n) is 21.4. The van der Waals surface area contributed by atoms with Gasteiger partial charge in [0.1, 0.15) is 48.3 Å². The average Bonchev–Trinajstić information content (AvgIpc) is 1.61. The van der Waals surface area contributed by atoms with Crippen LogP contribution in [0.3, 0.4) is 0 Å². The topological polar surface area (TPSA) is 656 Å². The van der Waals surface area contributed by atoms with Gasteiger partial charge in [0.05, 0.1) is 158 Å². The van der Waals surface area contributed by atoms with E-state index < -0.39 is 80.8 Å². The van der Waals surface area contributed by atoms with Crippen LogP contribution < -0.4 is 76.4 Å². The quantitative estimate of drug-likeness (QED) is 0.0145. The maximum Gasteiger partial charge on any atom is 0.351 e. The van der Waals surface area contributed by atoms with E-state index in [0.717, 1.165) is 64.1 Å². The Hall–Kier alpha value is -6.00. The largest absolute Gasteiger partial charge is 0.394 e. The summed E-state index contributed by atoms with van der Waals surface area (Å²) >= 11 is 12.5. The lowest BCUT2D eigenvalue weighted by atomic mass is 10.0. The molecular weight excluding hydrogens is 2000 g/mol. The number of nitrogens with one attached hydrogen (secondary N) is 9. The SMILES string of the molecule is CS(=S)N=S.NCCCc1cn([C@@H]2O[C@H](CO)[C@H](O)C2O)c(=O)nc1N.Nc1nc(=O)n([C@@H]2O[C@H](CO)[C@H](O)C2O)cc1CCCNC(=O)CCSSCCNC(=O)CCOCCOCCOCCOCCNC(=O)CCCC[C@@H]1SC[C@@H]2NC(=O)N[C@@H]21.O=C(CCSSCCNC(=O)CCOCCOCCOCCOCCNC(=O)CCCC[C@@H]1SC[C@@H]2NC(=O)N[C@@H]21)CN1C(=O)CCC1=O.[2H]CF. The number of aromatic nitrogens is 4. The highest BCUT2D eigenvalue weighted by molar-refractivity contribution is 8.77. The predicted octanol–water partition coefficient (Wildman–Crippen LogP) is -2.18. The van der Waals surface area contributed by atoms with E-state index >= 15 is 0 Å². The Balaban J connectivity index is 0.000000389. The number of nitrogen functional groups attached to an aromatic ring is 2. The van der Waals surface area contributed by atoms with E-state index in [1.165, 1.54) is 23.2 Å². The number of carbonyl (C=O) groups excluding carboxylic acids is 10. The first-order valence-electron chi connectivity index (χ1n) is 46.7. The van der Waals surface area contributed by atoms with Crippen LogP contribution in [-0.4, -0.2) is 398 Å². The summed E-state index contributed by atoms with van der Waals surface area (Å²) in [5.41, 5.74) is 16.7. The van der Waals surface area contributed by atoms with Gasteiger partial charge in [-0.1, -0.05) is 56.0 Å². The number of ketones is 1. The van der Waals surface area contributed by atoms with Gasteiger partial charge in [-0.3, -0.25) is 56.8 Å². The number of thioether (sulfide) groups is 2. The van der Waals surface area contributed by atoms with E-state index in [-0.39, 0.29) is 143 Å². The summed E-state index contributed by atoms with van der Waals surface area (Å²) in [6.07, 6.45) is 5.03. The smallest absolute Gasteiger partial charge is 0.351 e. The number of likely N-dealkylation sites (tertiary alicyclic amines) is 1. The van der Waals surface area contributed by atoms with Gasteiger partial charge in [-0.05, 0) is 69.1 Å². The molecule has 0 saturated carbocycles. The van der Waals surface area contributed by atoms with Crippen molar-refractivity contribution in [2.45, 2.75) is 199 Å². The fraction of sp³-hybridized carbons (Fsp3) is 0.783. The lowest BCUT2D eigenvalue weighted by Crippen LogP contribution is -2.36. The number of Topliss-reactive ketones (excluding diaryl/α,β-unsaturated/α-hetero) is 1. The van der Waals surface area contributed by atoms with E-state index in [1.54, 1.807) is 38.6 Å². The number of hydrogen-bond donors (Lipinski definition) is 18. The highest BCUT2D eigenvalue weighted by atomic mass is 33.1. The zero-order chi connectivity index (χ0) is 102. The molecule has 9 rings (SSSR count). The number of anilines is 2. The van der Waals surface area contributed by atoms with Crippen molar-refractivity contribution >= 4 is 171 Å². The number of aliphatic hydroxyl groups is 6. The summed E-state index contributed by atoms with van der Waals surface area (Å²) in [6.45, 7) is 7.98. The zero-order valence-corrected chi connectivity index (χ0v) is 85.6. The fourth-order valence-electron chi connectivity index (χ4n) is 14.2. The van der Waals surface area contributed by atoms with Gasteiger partial charge in [-0.25, -0.2) is 19.2 Å². The molecule has 7 saturated heterocycles. The molecule has 56 heteroatoms. The van der Waals surface area contributed by atoms with Crippen molar-refractivity contribution in [3.8, 4) is 0 Å². The van der Waals surface area contributed by atoms with Crippen molar-refractivity contribution in [3.63, 3.8) is 0 Å². The van der Waals surface area contributed by atoms with Gasteiger partial charge >= 0.3 is 23.4 Å². The van der Waals surface area contributed by atoms with Crippen molar-refractivity contribution < 1.29 is 132 Å². The normalized spacial score (nSPS) is 22.3. The summed E-state index contributed by atoms with van der Waals surface area (Å²) < 4.78 is 75.5. The monoisotopic (exact) mass is 2150 g/mol. The van der Waals surface area contributed by atoms with Gasteiger partial charge in [0.2, 0.25) is 41.4 Å². The van der Waals surface area contributed by atoms with E-state index in [0.29, 0.717) is 234 Å². The third kappa shape index (κ3) is 49.6. The molecule has 0 radical (unpaired) electrons. The molecule has 0 aliphatic carbocycles. The molecule has 9 heterocycles. The Morgan fingerprint density at radius 1 is 0.518 bits per heavy atom. The van der Waals surface area contributed by atoms with Crippen molar-refractivity contribution in [1.82, 2.24) is 71.9 Å². The number of aliphatic hydroxyl groups excluding tert-OH is 6. The van der Waals surface area contributed by atoms with Crippen LogP contribution in [0.2, 0.25) is 0 Å². The number of halogens is 1. The van der Waals surface area contributed by atoms with E-state index in [1.807, 2.05) is 23.5 Å². The Labute approximate surface area is 846 Å². The first-order valence-corrected chi connectivity index (χ1v) is 55.9. The number of imide groups is 1. The van der Waals surface area contributed by atoms with Gasteiger partial charge in [0.15, 0.2) is 18.2 Å². The second-order valence-electron chi connectivity index (χ2n) is 31.7. The molecule has 3 unspecified atom stereocenters. The number of rotatable bonds is 68. The molecule has 46 nitrogen and oxygen atoms in total. The number of amides is 11. The van der Waals surface area contributed by atoms with Gasteiger partial charge in [-0.15, -0.1) is 3.77 Å². The van der Waals surface area contributed by atoms with Crippen LogP contribution in [0.4, 0.5) is 25.6 Å². The Kier molecular flexibility index (Phi) is 64.8. The molecule has 2 aromatic rings. The number of urea groups is 2. The van der Waals surface area contributed by atoms with Crippen LogP contribution in [0.25, 0.3) is 0 Å². The fourth-order valence-corrected chi connectivity index (χ4v) is 21.1. The number of fused-ring (bicyclic) bond motifs is 2. The second kappa shape index (κ2) is 74.0. The molecule has 0 aromatic carbocycles. The Morgan fingerprint density at radius 3 is 1.26 bits per heavy atom. The van der Waals surface area contributed by atoms with Crippen molar-refractivity contribution in [2.75, 3.05) is 224 Å². The van der Waals surface area contributed by atoms with Crippen LogP contribution in [0, 0.1) is 0 Å². The van der Waals surface area contributed by atoms with Gasteiger partial charge < -0.3 is 143 Å². The summed E-state index contributed by atoms with van der Waals surface area (Å²) in [4.78, 5) is 151. The molecule has 11 amide bonds. The summed E-state index contributed by atoms with van der Waals surface area (Å²) in [7, 11) is 4.88. The minimum atomic E-state index is -1.43. The molecule has 7 fully saturated rings. The van der Waals surface area contributed by atoms with E-state index in [4.69, 9.17) is 71.0 Å². The number of alkyl halides is 1. The molecule has 792 valence electrons. The number of nitrogens with zero attached hydrogens (tertiary/aromatic N) is 6. The van der Waals surface area contributed by atoms with Crippen molar-refractivity contribution in [1.29, 1.82) is 0 Å². The third-order valence-corrected chi connectivity index (χ3v) is 30.7. The highest BCUT2D eigenvalue weighted by Gasteiger charge is 2.47. The first kappa shape index (κ1) is 122. The number of unbranched alkanes of at least 4 members (excludes halogenated alkanes) is 2. The highest BCUT2D eigenvalue weighted by Crippen LogP contribution is 2.36. The lowest BCUT2D eigenvalue weighted by Gasteiger charge is -2.18. The average molecular weight is 2150 g/mol. The van der Waals surface area contributed by atoms with E-state index in [9.17, 15) is 87.5 Å². The summed E-state index contributed by atoms with van der Waals surface area (Å²) in [5, 5.41) is 85.3. The maximum atomic E-state index is 12.4. The predicted molar refractivity (Wildman–Crippen MR) is 534 cm³/mol. The number of nitrogens with two attached hydrogens (primary N) is 3. The van der Waals surface area contributed by atoms with E-state index in [2.05, 4.69) is 85.2 Å². The number of hydrogen-bond acceptors (Lipinski definition) is 41. The minimum absolute atomic E-state index is 0.0179. The number of aryl methyl sites for hydroxylation is 2. The minimum Gasteiger partial charge on any atom is -0.394 e. The lowest BCUT2D eigenvalue weighted by molar-refractivity contribution is -0.141. The van der Waals surface area contributed by atoms with Crippen LogP contribution in [0.15, 0.2) is 25.8 Å². The zero-order valence-electron chi connectivity index (χ0n) is 79.2. The Bertz CT molecular complexity index is 4140. The van der Waals surface area contributed by atoms with Gasteiger partial charge in [-0.2, -0.15) is 33.5 Å². The molecule has 21 N–H and O–H groups in total. The number of ether oxygens (including phenoxy) is 10. The van der Waals surface area contributed by atoms with Crippen LogP contribution >= 0.6 is 66.7 Å². The molecular formula is C83H141FN18O28S9. The molecule has 0 bridgehead atoms.